The van der Waals surface area contributed by atoms with Gasteiger partial charge in [-0.3, -0.25) is 0 Å². The van der Waals surface area contributed by atoms with Gasteiger partial charge < -0.3 is 5.32 Å². The van der Waals surface area contributed by atoms with Crippen LogP contribution in [0.1, 0.15) is 19.3 Å². The minimum atomic E-state index is -0.513. The third-order valence-corrected chi connectivity index (χ3v) is 4.01. The van der Waals surface area contributed by atoms with Crippen molar-refractivity contribution in [2.75, 3.05) is 13.1 Å². The minimum absolute atomic E-state index is 0.391. The van der Waals surface area contributed by atoms with Crippen LogP contribution < -0.4 is 5.32 Å². The molecule has 0 bridgehead atoms. The first-order valence-electron chi connectivity index (χ1n) is 5.58. The normalized spacial score (nSPS) is 21.8. The van der Waals surface area contributed by atoms with Gasteiger partial charge in [0.1, 0.15) is 11.6 Å². The first-order valence-corrected chi connectivity index (χ1v) is 6.46. The van der Waals surface area contributed by atoms with Crippen LogP contribution in [0, 0.1) is 11.6 Å². The van der Waals surface area contributed by atoms with E-state index in [1.165, 1.54) is 36.7 Å². The summed E-state index contributed by atoms with van der Waals surface area (Å²) in [6.45, 7) is 1.95. The van der Waals surface area contributed by atoms with Crippen molar-refractivity contribution in [3.05, 3.63) is 29.8 Å². The summed E-state index contributed by atoms with van der Waals surface area (Å²) in [6.07, 6.45) is 3.45. The lowest BCUT2D eigenvalue weighted by molar-refractivity contribution is 0.565. The van der Waals surface area contributed by atoms with Crippen LogP contribution in [0.25, 0.3) is 0 Å². The molecule has 0 saturated carbocycles. The number of hydrogen-bond acceptors (Lipinski definition) is 2. The molecule has 1 saturated heterocycles. The Bertz CT molecular complexity index is 349. The van der Waals surface area contributed by atoms with Gasteiger partial charge >= 0.3 is 0 Å². The molecule has 0 aliphatic carbocycles. The van der Waals surface area contributed by atoms with Gasteiger partial charge in [0.2, 0.25) is 0 Å². The topological polar surface area (TPSA) is 12.0 Å². The summed E-state index contributed by atoms with van der Waals surface area (Å²) in [4.78, 5) is 0.551. The molecule has 0 radical (unpaired) electrons. The van der Waals surface area contributed by atoms with E-state index in [2.05, 4.69) is 5.32 Å². The maximum atomic E-state index is 13.4. The Morgan fingerprint density at radius 1 is 1.25 bits per heavy atom. The molecule has 88 valence electrons. The molecule has 4 heteroatoms. The van der Waals surface area contributed by atoms with Crippen LogP contribution in [-0.4, -0.2) is 18.3 Å². The Kier molecular flexibility index (Phi) is 4.18. The number of halogens is 2. The van der Waals surface area contributed by atoms with Crippen LogP contribution in [0.4, 0.5) is 8.78 Å². The lowest BCUT2D eigenvalue weighted by atomic mass is 10.2. The van der Waals surface area contributed by atoms with E-state index < -0.39 is 11.6 Å². The number of benzene rings is 1. The quantitative estimate of drug-likeness (QED) is 0.856. The van der Waals surface area contributed by atoms with Gasteiger partial charge in [-0.15, -0.1) is 11.8 Å². The predicted octanol–water partition coefficient (Wildman–Crippen LogP) is 3.20. The highest BCUT2D eigenvalue weighted by molar-refractivity contribution is 8.00. The van der Waals surface area contributed by atoms with E-state index in [0.29, 0.717) is 10.1 Å². The fourth-order valence-electron chi connectivity index (χ4n) is 1.84. The molecule has 1 heterocycles. The third-order valence-electron chi connectivity index (χ3n) is 2.69. The van der Waals surface area contributed by atoms with Crippen molar-refractivity contribution in [1.29, 1.82) is 0 Å². The van der Waals surface area contributed by atoms with Crippen molar-refractivity contribution < 1.29 is 8.78 Å². The van der Waals surface area contributed by atoms with E-state index in [4.69, 9.17) is 0 Å². The van der Waals surface area contributed by atoms with Crippen LogP contribution >= 0.6 is 11.8 Å². The molecular weight excluding hydrogens is 228 g/mol. The average molecular weight is 243 g/mol. The SMILES string of the molecule is Fc1ccc(SC2CCCCNC2)c(F)c1. The summed E-state index contributed by atoms with van der Waals surface area (Å²) in [5.41, 5.74) is 0. The lowest BCUT2D eigenvalue weighted by Gasteiger charge is -2.14. The molecule has 1 nitrogen and oxygen atoms in total. The molecule has 1 aromatic rings. The molecule has 16 heavy (non-hydrogen) atoms. The minimum Gasteiger partial charge on any atom is -0.316 e. The molecule has 0 amide bonds. The van der Waals surface area contributed by atoms with Crippen LogP contribution in [0.15, 0.2) is 23.1 Å². The van der Waals surface area contributed by atoms with Crippen molar-refractivity contribution in [1.82, 2.24) is 5.32 Å². The van der Waals surface area contributed by atoms with Crippen LogP contribution in [0.3, 0.4) is 0 Å². The Balaban J connectivity index is 2.01. The number of nitrogens with one attached hydrogen (secondary N) is 1. The molecule has 1 atom stereocenters. The van der Waals surface area contributed by atoms with E-state index in [1.54, 1.807) is 0 Å². The Morgan fingerprint density at radius 2 is 2.12 bits per heavy atom. The van der Waals surface area contributed by atoms with Crippen LogP contribution in [0.2, 0.25) is 0 Å². The van der Waals surface area contributed by atoms with Gasteiger partial charge in [0.25, 0.3) is 0 Å². The predicted molar refractivity (Wildman–Crippen MR) is 62.7 cm³/mol. The summed E-state index contributed by atoms with van der Waals surface area (Å²) >= 11 is 1.51. The van der Waals surface area contributed by atoms with Crippen molar-refractivity contribution in [2.24, 2.45) is 0 Å². The van der Waals surface area contributed by atoms with E-state index in [-0.39, 0.29) is 0 Å². The Labute approximate surface area is 98.6 Å². The number of rotatable bonds is 2. The summed E-state index contributed by atoms with van der Waals surface area (Å²) in [5, 5.41) is 3.72. The van der Waals surface area contributed by atoms with Gasteiger partial charge in [-0.25, -0.2) is 8.78 Å². The molecule has 1 unspecified atom stereocenters. The fourth-order valence-corrected chi connectivity index (χ4v) is 3.00. The summed E-state index contributed by atoms with van der Waals surface area (Å²) < 4.78 is 26.2. The van der Waals surface area contributed by atoms with Crippen molar-refractivity contribution >= 4 is 11.8 Å². The zero-order valence-corrected chi connectivity index (χ0v) is 9.83. The highest BCUT2D eigenvalue weighted by atomic mass is 32.2. The number of thioether (sulfide) groups is 1. The van der Waals surface area contributed by atoms with Crippen LogP contribution in [0.5, 0.6) is 0 Å². The zero-order valence-electron chi connectivity index (χ0n) is 9.01. The van der Waals surface area contributed by atoms with Crippen molar-refractivity contribution in [3.63, 3.8) is 0 Å². The second kappa shape index (κ2) is 5.64. The summed E-state index contributed by atoms with van der Waals surface area (Å²) in [6, 6.07) is 3.79. The van der Waals surface area contributed by atoms with Gasteiger partial charge in [0.15, 0.2) is 0 Å². The molecule has 0 spiro atoms. The second-order valence-corrected chi connectivity index (χ2v) is 5.36. The van der Waals surface area contributed by atoms with Gasteiger partial charge in [0, 0.05) is 22.8 Å². The molecule has 1 fully saturated rings. The van der Waals surface area contributed by atoms with Gasteiger partial charge in [-0.2, -0.15) is 0 Å². The molecular formula is C12H15F2NS. The summed E-state index contributed by atoms with van der Waals surface area (Å²) in [5.74, 6) is -0.963. The standard InChI is InChI=1S/C12H15F2NS/c13-9-4-5-12(11(14)7-9)16-10-3-1-2-6-15-8-10/h4-5,7,10,15H,1-3,6,8H2. The third kappa shape index (κ3) is 3.19. The largest absolute Gasteiger partial charge is 0.316 e. The smallest absolute Gasteiger partial charge is 0.139 e. The molecule has 1 N–H and O–H groups in total. The fraction of sp³-hybridized carbons (Fsp3) is 0.500. The highest BCUT2D eigenvalue weighted by Gasteiger charge is 2.15. The highest BCUT2D eigenvalue weighted by Crippen LogP contribution is 2.29. The van der Waals surface area contributed by atoms with E-state index in [9.17, 15) is 8.78 Å². The van der Waals surface area contributed by atoms with Crippen LogP contribution in [-0.2, 0) is 0 Å². The van der Waals surface area contributed by atoms with E-state index in [1.807, 2.05) is 0 Å². The molecule has 0 aromatic heterocycles. The molecule has 1 aromatic carbocycles. The first-order chi connectivity index (χ1) is 7.75. The Hall–Kier alpha value is -0.610. The summed E-state index contributed by atoms with van der Waals surface area (Å²) in [7, 11) is 0. The zero-order chi connectivity index (χ0) is 11.4. The lowest BCUT2D eigenvalue weighted by Crippen LogP contribution is -2.22. The first kappa shape index (κ1) is 11.9. The van der Waals surface area contributed by atoms with Gasteiger partial charge in [-0.1, -0.05) is 6.42 Å². The maximum Gasteiger partial charge on any atom is 0.139 e. The second-order valence-electron chi connectivity index (χ2n) is 4.01. The number of hydrogen-bond donors (Lipinski definition) is 1. The van der Waals surface area contributed by atoms with Gasteiger partial charge in [0.05, 0.1) is 0 Å². The monoisotopic (exact) mass is 243 g/mol. The molecule has 1 aliphatic heterocycles. The van der Waals surface area contributed by atoms with Crippen molar-refractivity contribution in [2.45, 2.75) is 29.4 Å². The van der Waals surface area contributed by atoms with E-state index in [0.717, 1.165) is 25.6 Å². The van der Waals surface area contributed by atoms with Crippen molar-refractivity contribution in [3.8, 4) is 0 Å². The molecule has 1 aliphatic rings. The Morgan fingerprint density at radius 3 is 2.94 bits per heavy atom. The molecule has 2 rings (SSSR count). The maximum absolute atomic E-state index is 13.4. The van der Waals surface area contributed by atoms with E-state index >= 15 is 0 Å². The average Bonchev–Trinajstić information content (AvgIpc) is 2.51. The van der Waals surface area contributed by atoms with Gasteiger partial charge in [-0.05, 0) is 31.5 Å².